The number of aromatic nitrogens is 1. The van der Waals surface area contributed by atoms with Crippen LogP contribution in [-0.2, 0) is 16.1 Å². The standard InChI is InChI=1S/C22H18FN3O4/c1-30-13-3-5-14(17(23)9-13)16-10-19(22(24)29)25-18-8-12(2-4-15(16)18)11-26-20(27)6-7-21(26)28/h2-5,8-10H,6-7,11H2,1H3,(H2,24,29). The van der Waals surface area contributed by atoms with E-state index < -0.39 is 11.7 Å². The number of methoxy groups -OCH3 is 1. The van der Waals surface area contributed by atoms with Crippen LogP contribution in [0.1, 0.15) is 28.9 Å². The van der Waals surface area contributed by atoms with E-state index in [0.29, 0.717) is 27.8 Å². The largest absolute Gasteiger partial charge is 0.497 e. The highest BCUT2D eigenvalue weighted by Crippen LogP contribution is 2.33. The first-order valence-electron chi connectivity index (χ1n) is 9.28. The molecule has 7 nitrogen and oxygen atoms in total. The number of carbonyl (C=O) groups excluding carboxylic acids is 3. The molecule has 152 valence electrons. The van der Waals surface area contributed by atoms with E-state index in [1.54, 1.807) is 30.3 Å². The molecule has 4 rings (SSSR count). The van der Waals surface area contributed by atoms with Gasteiger partial charge >= 0.3 is 0 Å². The van der Waals surface area contributed by atoms with Gasteiger partial charge in [0.1, 0.15) is 17.3 Å². The number of likely N-dealkylation sites (tertiary alicyclic amines) is 1. The van der Waals surface area contributed by atoms with E-state index in [0.717, 1.165) is 0 Å². The summed E-state index contributed by atoms with van der Waals surface area (Å²) < 4.78 is 19.8. The van der Waals surface area contributed by atoms with E-state index in [1.165, 1.54) is 24.1 Å². The number of rotatable bonds is 5. The Balaban J connectivity index is 1.84. The van der Waals surface area contributed by atoms with E-state index in [4.69, 9.17) is 10.5 Å². The van der Waals surface area contributed by atoms with Gasteiger partial charge in [0.15, 0.2) is 0 Å². The minimum Gasteiger partial charge on any atom is -0.497 e. The van der Waals surface area contributed by atoms with Gasteiger partial charge in [-0.3, -0.25) is 19.3 Å². The maximum Gasteiger partial charge on any atom is 0.267 e. The molecule has 2 heterocycles. The number of fused-ring (bicyclic) bond motifs is 1. The van der Waals surface area contributed by atoms with Crippen LogP contribution in [0.15, 0.2) is 42.5 Å². The molecule has 1 aliphatic rings. The number of ether oxygens (including phenoxy) is 1. The Morgan fingerprint density at radius 2 is 1.83 bits per heavy atom. The number of benzene rings is 2. The molecule has 30 heavy (non-hydrogen) atoms. The maximum atomic E-state index is 14.7. The summed E-state index contributed by atoms with van der Waals surface area (Å²) in [7, 11) is 1.44. The van der Waals surface area contributed by atoms with Crippen molar-refractivity contribution < 1.29 is 23.5 Å². The zero-order chi connectivity index (χ0) is 21.4. The number of nitrogens with two attached hydrogens (primary N) is 1. The number of pyridine rings is 1. The first-order chi connectivity index (χ1) is 14.4. The molecule has 8 heteroatoms. The van der Waals surface area contributed by atoms with Gasteiger partial charge in [0, 0.05) is 29.9 Å². The van der Waals surface area contributed by atoms with Crippen molar-refractivity contribution in [2.24, 2.45) is 5.73 Å². The molecule has 0 aliphatic carbocycles. The molecule has 1 aromatic heterocycles. The summed E-state index contributed by atoms with van der Waals surface area (Å²) in [5, 5.41) is 0.604. The van der Waals surface area contributed by atoms with Crippen molar-refractivity contribution in [1.82, 2.24) is 9.88 Å². The van der Waals surface area contributed by atoms with E-state index in [2.05, 4.69) is 4.98 Å². The summed E-state index contributed by atoms with van der Waals surface area (Å²) in [5.41, 5.74) is 7.21. The molecule has 2 aromatic carbocycles. The molecule has 3 amide bonds. The zero-order valence-corrected chi connectivity index (χ0v) is 16.1. The first kappa shape index (κ1) is 19.5. The van der Waals surface area contributed by atoms with Gasteiger partial charge in [-0.15, -0.1) is 0 Å². The lowest BCUT2D eigenvalue weighted by molar-refractivity contribution is -0.139. The second-order valence-corrected chi connectivity index (χ2v) is 6.99. The highest BCUT2D eigenvalue weighted by molar-refractivity contribution is 6.02. The predicted octanol–water partition coefficient (Wildman–Crippen LogP) is 2.80. The average molecular weight is 407 g/mol. The minimum absolute atomic E-state index is 0.0156. The van der Waals surface area contributed by atoms with Gasteiger partial charge in [0.25, 0.3) is 5.91 Å². The van der Waals surface area contributed by atoms with Crippen molar-refractivity contribution >= 4 is 28.6 Å². The van der Waals surface area contributed by atoms with Crippen LogP contribution < -0.4 is 10.5 Å². The van der Waals surface area contributed by atoms with Gasteiger partial charge < -0.3 is 10.5 Å². The maximum absolute atomic E-state index is 14.7. The van der Waals surface area contributed by atoms with Crippen LogP contribution in [0.3, 0.4) is 0 Å². The van der Waals surface area contributed by atoms with Crippen LogP contribution in [0.5, 0.6) is 5.75 Å². The van der Waals surface area contributed by atoms with Gasteiger partial charge in [-0.2, -0.15) is 0 Å². The summed E-state index contributed by atoms with van der Waals surface area (Å²) in [5.74, 6) is -1.34. The highest BCUT2D eigenvalue weighted by Gasteiger charge is 2.28. The quantitative estimate of drug-likeness (QED) is 0.655. The number of halogens is 1. The molecule has 2 N–H and O–H groups in total. The molecule has 0 atom stereocenters. The van der Waals surface area contributed by atoms with Crippen LogP contribution in [0, 0.1) is 5.82 Å². The van der Waals surface area contributed by atoms with E-state index >= 15 is 0 Å². The number of primary amides is 1. The monoisotopic (exact) mass is 407 g/mol. The Hall–Kier alpha value is -3.81. The Bertz CT molecular complexity index is 1190. The predicted molar refractivity (Wildman–Crippen MR) is 107 cm³/mol. The third kappa shape index (κ3) is 3.47. The molecule has 0 bridgehead atoms. The van der Waals surface area contributed by atoms with Crippen molar-refractivity contribution in [3.8, 4) is 16.9 Å². The smallest absolute Gasteiger partial charge is 0.267 e. The molecule has 0 unspecified atom stereocenters. The van der Waals surface area contributed by atoms with Gasteiger partial charge in [-0.1, -0.05) is 12.1 Å². The summed E-state index contributed by atoms with van der Waals surface area (Å²) in [6, 6.07) is 11.0. The van der Waals surface area contributed by atoms with Crippen LogP contribution in [-0.4, -0.2) is 34.7 Å². The topological polar surface area (TPSA) is 103 Å². The van der Waals surface area contributed by atoms with E-state index in [-0.39, 0.29) is 42.5 Å². The fraction of sp³-hybridized carbons (Fsp3) is 0.182. The fourth-order valence-corrected chi connectivity index (χ4v) is 3.54. The van der Waals surface area contributed by atoms with E-state index in [9.17, 15) is 18.8 Å². The van der Waals surface area contributed by atoms with Crippen molar-refractivity contribution in [2.75, 3.05) is 7.11 Å². The zero-order valence-electron chi connectivity index (χ0n) is 16.1. The third-order valence-corrected chi connectivity index (χ3v) is 5.09. The van der Waals surface area contributed by atoms with Crippen molar-refractivity contribution in [3.63, 3.8) is 0 Å². The Morgan fingerprint density at radius 3 is 2.47 bits per heavy atom. The molecule has 3 aromatic rings. The third-order valence-electron chi connectivity index (χ3n) is 5.09. The Labute approximate surface area is 171 Å². The molecular formula is C22H18FN3O4. The number of hydrogen-bond donors (Lipinski definition) is 1. The highest BCUT2D eigenvalue weighted by atomic mass is 19.1. The second-order valence-electron chi connectivity index (χ2n) is 6.99. The average Bonchev–Trinajstić information content (AvgIpc) is 3.04. The summed E-state index contributed by atoms with van der Waals surface area (Å²) in [4.78, 5) is 41.1. The van der Waals surface area contributed by atoms with Crippen LogP contribution in [0.4, 0.5) is 4.39 Å². The van der Waals surface area contributed by atoms with Crippen molar-refractivity contribution in [3.05, 3.63) is 59.5 Å². The lowest BCUT2D eigenvalue weighted by Crippen LogP contribution is -2.28. The molecule has 1 fully saturated rings. The summed E-state index contributed by atoms with van der Waals surface area (Å²) >= 11 is 0. The number of carbonyl (C=O) groups is 3. The van der Waals surface area contributed by atoms with Crippen molar-refractivity contribution in [2.45, 2.75) is 19.4 Å². The number of hydrogen-bond acceptors (Lipinski definition) is 5. The molecule has 1 aliphatic heterocycles. The molecule has 0 spiro atoms. The SMILES string of the molecule is COc1ccc(-c2cc(C(N)=O)nc3cc(CN4C(=O)CCC4=O)ccc23)c(F)c1. The second kappa shape index (κ2) is 7.55. The first-order valence-corrected chi connectivity index (χ1v) is 9.28. The van der Waals surface area contributed by atoms with Crippen LogP contribution >= 0.6 is 0 Å². The number of amides is 3. The van der Waals surface area contributed by atoms with Gasteiger partial charge in [-0.25, -0.2) is 9.37 Å². The molecule has 0 saturated carbocycles. The number of imide groups is 1. The molecule has 1 saturated heterocycles. The Kier molecular flexibility index (Phi) is 4.91. The van der Waals surface area contributed by atoms with Crippen LogP contribution in [0.25, 0.3) is 22.0 Å². The molecular weight excluding hydrogens is 389 g/mol. The lowest BCUT2D eigenvalue weighted by Gasteiger charge is -2.15. The van der Waals surface area contributed by atoms with E-state index in [1.807, 2.05) is 0 Å². The summed E-state index contributed by atoms with van der Waals surface area (Å²) in [6.45, 7) is 0.113. The Morgan fingerprint density at radius 1 is 1.10 bits per heavy atom. The summed E-state index contributed by atoms with van der Waals surface area (Å²) in [6.07, 6.45) is 0.411. The van der Waals surface area contributed by atoms with Crippen LogP contribution in [0.2, 0.25) is 0 Å². The van der Waals surface area contributed by atoms with Crippen molar-refractivity contribution in [1.29, 1.82) is 0 Å². The van der Waals surface area contributed by atoms with Gasteiger partial charge in [0.05, 0.1) is 19.2 Å². The minimum atomic E-state index is -0.748. The number of nitrogens with zero attached hydrogens (tertiary/aromatic N) is 2. The lowest BCUT2D eigenvalue weighted by atomic mass is 9.98. The molecule has 0 radical (unpaired) electrons. The fourth-order valence-electron chi connectivity index (χ4n) is 3.54. The normalized spacial score (nSPS) is 13.9. The van der Waals surface area contributed by atoms with Gasteiger partial charge in [-0.05, 0) is 35.4 Å². The van der Waals surface area contributed by atoms with Gasteiger partial charge in [0.2, 0.25) is 11.8 Å².